The van der Waals surface area contributed by atoms with Gasteiger partial charge in [-0.1, -0.05) is 6.92 Å². The molecule has 6 heteroatoms. The van der Waals surface area contributed by atoms with E-state index in [1.54, 1.807) is 18.4 Å². The molecule has 0 bridgehead atoms. The van der Waals surface area contributed by atoms with E-state index in [2.05, 4.69) is 19.2 Å². The third-order valence-corrected chi connectivity index (χ3v) is 5.35. The van der Waals surface area contributed by atoms with Crippen molar-refractivity contribution in [3.05, 3.63) is 0 Å². The Morgan fingerprint density at radius 1 is 1.47 bits per heavy atom. The SMILES string of the molecule is CCNC(C)C1CCCN(S(=O)(=O)N(C)C)C1. The Bertz CT molecular complexity index is 330. The minimum absolute atomic E-state index is 0.375. The van der Waals surface area contributed by atoms with Gasteiger partial charge in [0, 0.05) is 33.2 Å². The lowest BCUT2D eigenvalue weighted by Crippen LogP contribution is -2.49. The molecule has 0 aliphatic carbocycles. The van der Waals surface area contributed by atoms with Crippen LogP contribution in [0.2, 0.25) is 0 Å². The first kappa shape index (κ1) is 14.9. The summed E-state index contributed by atoms with van der Waals surface area (Å²) in [4.78, 5) is 0. The van der Waals surface area contributed by atoms with Gasteiger partial charge < -0.3 is 5.32 Å². The summed E-state index contributed by atoms with van der Waals surface area (Å²) in [5, 5.41) is 3.38. The Morgan fingerprint density at radius 3 is 2.65 bits per heavy atom. The van der Waals surface area contributed by atoms with Crippen molar-refractivity contribution in [3.8, 4) is 0 Å². The van der Waals surface area contributed by atoms with Crippen LogP contribution in [0.25, 0.3) is 0 Å². The highest BCUT2D eigenvalue weighted by Gasteiger charge is 2.32. The predicted octanol–water partition coefficient (Wildman–Crippen LogP) is 0.503. The fraction of sp³-hybridized carbons (Fsp3) is 1.00. The summed E-state index contributed by atoms with van der Waals surface area (Å²) < 4.78 is 27.0. The smallest absolute Gasteiger partial charge is 0.281 e. The van der Waals surface area contributed by atoms with Crippen LogP contribution in [0, 0.1) is 5.92 Å². The van der Waals surface area contributed by atoms with Gasteiger partial charge in [0.25, 0.3) is 10.2 Å². The zero-order valence-corrected chi connectivity index (χ0v) is 12.1. The molecule has 102 valence electrons. The highest BCUT2D eigenvalue weighted by atomic mass is 32.2. The molecule has 1 fully saturated rings. The van der Waals surface area contributed by atoms with Crippen LogP contribution in [0.4, 0.5) is 0 Å². The molecule has 0 radical (unpaired) electrons. The van der Waals surface area contributed by atoms with Gasteiger partial charge in [0.05, 0.1) is 0 Å². The maximum atomic E-state index is 12.0. The zero-order chi connectivity index (χ0) is 13.1. The lowest BCUT2D eigenvalue weighted by molar-refractivity contribution is 0.218. The van der Waals surface area contributed by atoms with E-state index in [4.69, 9.17) is 0 Å². The van der Waals surface area contributed by atoms with Crippen molar-refractivity contribution in [1.29, 1.82) is 0 Å². The number of nitrogens with one attached hydrogen (secondary N) is 1. The van der Waals surface area contributed by atoms with E-state index in [0.717, 1.165) is 19.4 Å². The van der Waals surface area contributed by atoms with Gasteiger partial charge in [-0.15, -0.1) is 0 Å². The van der Waals surface area contributed by atoms with Crippen LogP contribution in [-0.4, -0.2) is 56.8 Å². The topological polar surface area (TPSA) is 52.7 Å². The molecule has 0 aromatic rings. The van der Waals surface area contributed by atoms with E-state index in [1.165, 1.54) is 4.31 Å². The Balaban J connectivity index is 2.67. The molecule has 2 atom stereocenters. The second kappa shape index (κ2) is 6.13. The predicted molar refractivity (Wildman–Crippen MR) is 70.0 cm³/mol. The summed E-state index contributed by atoms with van der Waals surface area (Å²) in [7, 11) is -0.0625. The van der Waals surface area contributed by atoms with Gasteiger partial charge in [0.15, 0.2) is 0 Å². The lowest BCUT2D eigenvalue weighted by Gasteiger charge is -2.36. The van der Waals surface area contributed by atoms with Crippen molar-refractivity contribution < 1.29 is 8.42 Å². The number of hydrogen-bond donors (Lipinski definition) is 1. The summed E-state index contributed by atoms with van der Waals surface area (Å²) in [6, 6.07) is 0.375. The largest absolute Gasteiger partial charge is 0.314 e. The molecule has 1 aliphatic rings. The summed E-state index contributed by atoms with van der Waals surface area (Å²) in [5.74, 6) is 0.415. The molecular weight excluding hydrogens is 238 g/mol. The second-order valence-electron chi connectivity index (χ2n) is 4.90. The molecule has 1 rings (SSSR count). The molecule has 0 amide bonds. The quantitative estimate of drug-likeness (QED) is 0.786. The lowest BCUT2D eigenvalue weighted by atomic mass is 9.93. The monoisotopic (exact) mass is 263 g/mol. The van der Waals surface area contributed by atoms with Crippen molar-refractivity contribution >= 4 is 10.2 Å². The summed E-state index contributed by atoms with van der Waals surface area (Å²) >= 11 is 0. The second-order valence-corrected chi connectivity index (χ2v) is 7.04. The van der Waals surface area contributed by atoms with Crippen LogP contribution >= 0.6 is 0 Å². The van der Waals surface area contributed by atoms with Gasteiger partial charge in [-0.2, -0.15) is 17.0 Å². The number of hydrogen-bond acceptors (Lipinski definition) is 3. The molecule has 1 aliphatic heterocycles. The van der Waals surface area contributed by atoms with Crippen LogP contribution in [0.5, 0.6) is 0 Å². The van der Waals surface area contributed by atoms with Crippen LogP contribution in [-0.2, 0) is 10.2 Å². The number of rotatable bonds is 5. The average Bonchev–Trinajstić information content (AvgIpc) is 2.29. The molecule has 5 nitrogen and oxygen atoms in total. The molecule has 1 saturated heterocycles. The normalized spacial score (nSPS) is 25.1. The van der Waals surface area contributed by atoms with Gasteiger partial charge in [-0.05, 0) is 32.2 Å². The fourth-order valence-corrected chi connectivity index (χ4v) is 3.51. The summed E-state index contributed by atoms with van der Waals surface area (Å²) in [5.41, 5.74) is 0. The van der Waals surface area contributed by atoms with Crippen molar-refractivity contribution in [2.45, 2.75) is 32.7 Å². The average molecular weight is 263 g/mol. The molecule has 1 heterocycles. The van der Waals surface area contributed by atoms with Gasteiger partial charge in [-0.3, -0.25) is 0 Å². The molecule has 2 unspecified atom stereocenters. The van der Waals surface area contributed by atoms with Crippen molar-refractivity contribution in [1.82, 2.24) is 13.9 Å². The number of nitrogens with zero attached hydrogens (tertiary/aromatic N) is 2. The third kappa shape index (κ3) is 3.64. The van der Waals surface area contributed by atoms with Crippen molar-refractivity contribution in [3.63, 3.8) is 0 Å². The van der Waals surface area contributed by atoms with Crippen LogP contribution < -0.4 is 5.32 Å². The Labute approximate surface area is 105 Å². The molecule has 1 N–H and O–H groups in total. The fourth-order valence-electron chi connectivity index (χ4n) is 2.31. The first-order valence-corrected chi connectivity index (χ1v) is 7.70. The van der Waals surface area contributed by atoms with E-state index >= 15 is 0 Å². The van der Waals surface area contributed by atoms with Gasteiger partial charge in [0.2, 0.25) is 0 Å². The molecule has 0 saturated carbocycles. The van der Waals surface area contributed by atoms with Crippen LogP contribution in [0.15, 0.2) is 0 Å². The molecule has 0 aromatic heterocycles. The van der Waals surface area contributed by atoms with E-state index in [-0.39, 0.29) is 0 Å². The Hall–Kier alpha value is -0.170. The first-order valence-electron chi connectivity index (χ1n) is 6.30. The first-order chi connectivity index (χ1) is 7.89. The maximum absolute atomic E-state index is 12.0. The highest BCUT2D eigenvalue weighted by molar-refractivity contribution is 7.86. The molecule has 17 heavy (non-hydrogen) atoms. The van der Waals surface area contributed by atoms with Crippen LogP contribution in [0.1, 0.15) is 26.7 Å². The van der Waals surface area contributed by atoms with Crippen molar-refractivity contribution in [2.75, 3.05) is 33.7 Å². The maximum Gasteiger partial charge on any atom is 0.281 e. The summed E-state index contributed by atoms with van der Waals surface area (Å²) in [6.45, 7) is 6.43. The van der Waals surface area contributed by atoms with E-state index in [0.29, 0.717) is 25.0 Å². The standard InChI is InChI=1S/C11H25N3O2S/c1-5-12-10(2)11-7-6-8-14(9-11)17(15,16)13(3)4/h10-12H,5-9H2,1-4H3. The van der Waals surface area contributed by atoms with Crippen molar-refractivity contribution in [2.24, 2.45) is 5.92 Å². The number of piperidine rings is 1. The van der Waals surface area contributed by atoms with E-state index in [9.17, 15) is 8.42 Å². The zero-order valence-electron chi connectivity index (χ0n) is 11.3. The Morgan fingerprint density at radius 2 is 2.12 bits per heavy atom. The summed E-state index contributed by atoms with van der Waals surface area (Å²) in [6.07, 6.45) is 2.06. The Kier molecular flexibility index (Phi) is 5.37. The molecule has 0 aromatic carbocycles. The molecular formula is C11H25N3O2S. The van der Waals surface area contributed by atoms with Gasteiger partial charge in [0.1, 0.15) is 0 Å². The molecule has 0 spiro atoms. The van der Waals surface area contributed by atoms with Crippen LogP contribution in [0.3, 0.4) is 0 Å². The third-order valence-electron chi connectivity index (χ3n) is 3.44. The minimum Gasteiger partial charge on any atom is -0.314 e. The van der Waals surface area contributed by atoms with E-state index in [1.807, 2.05) is 0 Å². The minimum atomic E-state index is -3.24. The highest BCUT2D eigenvalue weighted by Crippen LogP contribution is 2.22. The van der Waals surface area contributed by atoms with Gasteiger partial charge in [-0.25, -0.2) is 0 Å². The van der Waals surface area contributed by atoms with E-state index < -0.39 is 10.2 Å². The van der Waals surface area contributed by atoms with Gasteiger partial charge >= 0.3 is 0 Å².